The van der Waals surface area contributed by atoms with Gasteiger partial charge in [0, 0.05) is 6.54 Å². The molecule has 0 aromatic rings. The van der Waals surface area contributed by atoms with E-state index >= 15 is 0 Å². The molecule has 0 aliphatic rings. The van der Waals surface area contributed by atoms with Gasteiger partial charge in [-0.25, -0.2) is 0 Å². The van der Waals surface area contributed by atoms with Crippen LogP contribution in [0.5, 0.6) is 0 Å². The van der Waals surface area contributed by atoms with Crippen molar-refractivity contribution in [2.24, 2.45) is 5.41 Å². The SMILES string of the molecule is CC(C)(C)CCCCNC(=O)CO. The maximum atomic E-state index is 10.6. The van der Waals surface area contributed by atoms with Gasteiger partial charge in [-0.2, -0.15) is 0 Å². The molecular weight excluding hydrogens is 166 g/mol. The molecule has 1 amide bonds. The van der Waals surface area contributed by atoms with Gasteiger partial charge in [-0.3, -0.25) is 4.79 Å². The van der Waals surface area contributed by atoms with Crippen molar-refractivity contribution in [3.8, 4) is 0 Å². The van der Waals surface area contributed by atoms with Crippen molar-refractivity contribution >= 4 is 5.91 Å². The second-order valence-corrected chi connectivity index (χ2v) is 4.53. The molecule has 0 saturated carbocycles. The van der Waals surface area contributed by atoms with Crippen LogP contribution in [-0.4, -0.2) is 24.2 Å². The Morgan fingerprint density at radius 2 is 1.92 bits per heavy atom. The molecule has 0 spiro atoms. The molecular formula is C10H21NO2. The lowest BCUT2D eigenvalue weighted by atomic mass is 9.90. The molecule has 0 atom stereocenters. The van der Waals surface area contributed by atoms with E-state index in [4.69, 9.17) is 5.11 Å². The predicted octanol–water partition coefficient (Wildman–Crippen LogP) is 1.31. The first-order valence-corrected chi connectivity index (χ1v) is 4.83. The molecule has 0 unspecified atom stereocenters. The summed E-state index contributed by atoms with van der Waals surface area (Å²) in [5.41, 5.74) is 0.376. The average Bonchev–Trinajstić information content (AvgIpc) is 2.01. The molecule has 0 saturated heterocycles. The number of nitrogens with one attached hydrogen (secondary N) is 1. The van der Waals surface area contributed by atoms with E-state index in [0.29, 0.717) is 12.0 Å². The molecule has 2 N–H and O–H groups in total. The van der Waals surface area contributed by atoms with Gasteiger partial charge in [0.1, 0.15) is 6.61 Å². The molecule has 3 nitrogen and oxygen atoms in total. The van der Waals surface area contributed by atoms with Gasteiger partial charge in [0.25, 0.3) is 0 Å². The minimum absolute atomic E-state index is 0.282. The van der Waals surface area contributed by atoms with Crippen LogP contribution in [0.4, 0.5) is 0 Å². The largest absolute Gasteiger partial charge is 0.387 e. The summed E-state index contributed by atoms with van der Waals surface area (Å²) in [5.74, 6) is -0.282. The molecule has 0 heterocycles. The average molecular weight is 187 g/mol. The van der Waals surface area contributed by atoms with E-state index < -0.39 is 6.61 Å². The fourth-order valence-electron chi connectivity index (χ4n) is 1.06. The van der Waals surface area contributed by atoms with Crippen LogP contribution < -0.4 is 5.32 Å². The third kappa shape index (κ3) is 9.34. The Morgan fingerprint density at radius 1 is 1.31 bits per heavy atom. The lowest BCUT2D eigenvalue weighted by Crippen LogP contribution is -2.27. The van der Waals surface area contributed by atoms with Crippen molar-refractivity contribution < 1.29 is 9.90 Å². The minimum atomic E-state index is -0.404. The van der Waals surface area contributed by atoms with Crippen LogP contribution in [-0.2, 0) is 4.79 Å². The second kappa shape index (κ2) is 5.97. The summed E-state index contributed by atoms with van der Waals surface area (Å²) in [7, 11) is 0. The number of amides is 1. The van der Waals surface area contributed by atoms with Crippen LogP contribution in [0, 0.1) is 5.41 Å². The molecule has 0 aromatic carbocycles. The molecule has 0 radical (unpaired) electrons. The molecule has 0 aliphatic heterocycles. The minimum Gasteiger partial charge on any atom is -0.387 e. The highest BCUT2D eigenvalue weighted by molar-refractivity contribution is 5.76. The Bertz CT molecular complexity index is 149. The smallest absolute Gasteiger partial charge is 0.245 e. The van der Waals surface area contributed by atoms with Crippen LogP contribution in [0.3, 0.4) is 0 Å². The standard InChI is InChI=1S/C10H21NO2/c1-10(2,3)6-4-5-7-11-9(13)8-12/h12H,4-8H2,1-3H3,(H,11,13). The van der Waals surface area contributed by atoms with Crippen LogP contribution in [0.1, 0.15) is 40.0 Å². The van der Waals surface area contributed by atoms with Crippen molar-refractivity contribution in [2.75, 3.05) is 13.2 Å². The zero-order chi connectivity index (χ0) is 10.3. The lowest BCUT2D eigenvalue weighted by molar-refractivity contribution is -0.123. The number of rotatable bonds is 5. The lowest BCUT2D eigenvalue weighted by Gasteiger charge is -2.17. The van der Waals surface area contributed by atoms with E-state index in [0.717, 1.165) is 12.8 Å². The van der Waals surface area contributed by atoms with Gasteiger partial charge in [-0.15, -0.1) is 0 Å². The third-order valence-electron chi connectivity index (χ3n) is 1.82. The molecule has 3 heteroatoms. The van der Waals surface area contributed by atoms with Crippen LogP contribution >= 0.6 is 0 Å². The number of aliphatic hydroxyl groups is 1. The Hall–Kier alpha value is -0.570. The highest BCUT2D eigenvalue weighted by Crippen LogP contribution is 2.20. The number of unbranched alkanes of at least 4 members (excludes halogenated alkanes) is 1. The molecule has 0 rings (SSSR count). The summed E-state index contributed by atoms with van der Waals surface area (Å²) in [6, 6.07) is 0. The fourth-order valence-corrected chi connectivity index (χ4v) is 1.06. The molecule has 78 valence electrons. The highest BCUT2D eigenvalue weighted by Gasteiger charge is 2.08. The molecule has 0 aliphatic carbocycles. The van der Waals surface area contributed by atoms with E-state index in [1.807, 2.05) is 0 Å². The third-order valence-corrected chi connectivity index (χ3v) is 1.82. The van der Waals surface area contributed by atoms with Gasteiger partial charge in [-0.1, -0.05) is 27.2 Å². The summed E-state index contributed by atoms with van der Waals surface area (Å²) in [5, 5.41) is 11.0. The second-order valence-electron chi connectivity index (χ2n) is 4.53. The molecule has 0 fully saturated rings. The van der Waals surface area contributed by atoms with Gasteiger partial charge in [0.15, 0.2) is 0 Å². The number of carbonyl (C=O) groups excluding carboxylic acids is 1. The summed E-state index contributed by atoms with van der Waals surface area (Å²) in [6.07, 6.45) is 3.28. The maximum absolute atomic E-state index is 10.6. The zero-order valence-electron chi connectivity index (χ0n) is 8.89. The van der Waals surface area contributed by atoms with Crippen molar-refractivity contribution in [3.63, 3.8) is 0 Å². The number of carbonyl (C=O) groups is 1. The highest BCUT2D eigenvalue weighted by atomic mass is 16.3. The fraction of sp³-hybridized carbons (Fsp3) is 0.900. The first kappa shape index (κ1) is 12.4. The van der Waals surface area contributed by atoms with Crippen molar-refractivity contribution in [1.29, 1.82) is 0 Å². The topological polar surface area (TPSA) is 49.3 Å². The monoisotopic (exact) mass is 187 g/mol. The van der Waals surface area contributed by atoms with Gasteiger partial charge in [0.2, 0.25) is 5.91 Å². The van der Waals surface area contributed by atoms with Crippen LogP contribution in [0.2, 0.25) is 0 Å². The van der Waals surface area contributed by atoms with Crippen molar-refractivity contribution in [1.82, 2.24) is 5.32 Å². The number of hydrogen-bond acceptors (Lipinski definition) is 2. The quantitative estimate of drug-likeness (QED) is 0.638. The Balaban J connectivity index is 3.22. The van der Waals surface area contributed by atoms with Crippen LogP contribution in [0.15, 0.2) is 0 Å². The van der Waals surface area contributed by atoms with E-state index in [1.54, 1.807) is 0 Å². The Morgan fingerprint density at radius 3 is 2.38 bits per heavy atom. The first-order chi connectivity index (χ1) is 5.95. The molecule has 13 heavy (non-hydrogen) atoms. The van der Waals surface area contributed by atoms with Gasteiger partial charge >= 0.3 is 0 Å². The summed E-state index contributed by atoms with van der Waals surface area (Å²) in [4.78, 5) is 10.6. The number of hydrogen-bond donors (Lipinski definition) is 2. The first-order valence-electron chi connectivity index (χ1n) is 4.83. The van der Waals surface area contributed by atoms with Gasteiger partial charge in [0.05, 0.1) is 0 Å². The van der Waals surface area contributed by atoms with E-state index in [2.05, 4.69) is 26.1 Å². The van der Waals surface area contributed by atoms with E-state index in [1.165, 1.54) is 6.42 Å². The normalized spacial score (nSPS) is 11.4. The van der Waals surface area contributed by atoms with Crippen LogP contribution in [0.25, 0.3) is 0 Å². The Kier molecular flexibility index (Phi) is 5.71. The van der Waals surface area contributed by atoms with E-state index in [9.17, 15) is 4.79 Å². The van der Waals surface area contributed by atoms with Gasteiger partial charge in [-0.05, 0) is 18.3 Å². The molecule has 0 bridgehead atoms. The summed E-state index contributed by atoms with van der Waals surface area (Å²) < 4.78 is 0. The zero-order valence-corrected chi connectivity index (χ0v) is 8.89. The number of aliphatic hydroxyl groups excluding tert-OH is 1. The van der Waals surface area contributed by atoms with E-state index in [-0.39, 0.29) is 5.91 Å². The maximum Gasteiger partial charge on any atom is 0.245 e. The van der Waals surface area contributed by atoms with Crippen molar-refractivity contribution in [2.45, 2.75) is 40.0 Å². The predicted molar refractivity (Wildman–Crippen MR) is 53.4 cm³/mol. The molecule has 0 aromatic heterocycles. The van der Waals surface area contributed by atoms with Crippen molar-refractivity contribution in [3.05, 3.63) is 0 Å². The summed E-state index contributed by atoms with van der Waals surface area (Å²) in [6.45, 7) is 6.90. The summed E-state index contributed by atoms with van der Waals surface area (Å²) >= 11 is 0. The van der Waals surface area contributed by atoms with Gasteiger partial charge < -0.3 is 10.4 Å². The Labute approximate surface area is 80.5 Å².